The lowest BCUT2D eigenvalue weighted by Gasteiger charge is -2.01. The molecule has 0 aliphatic carbocycles. The summed E-state index contributed by atoms with van der Waals surface area (Å²) < 4.78 is 9.70. The van der Waals surface area contributed by atoms with Crippen LogP contribution in [0.4, 0.5) is 0 Å². The van der Waals surface area contributed by atoms with Gasteiger partial charge in [0.25, 0.3) is 0 Å². The van der Waals surface area contributed by atoms with Crippen LogP contribution in [0.25, 0.3) is 6.08 Å². The van der Waals surface area contributed by atoms with Crippen molar-refractivity contribution in [1.82, 2.24) is 0 Å². The summed E-state index contributed by atoms with van der Waals surface area (Å²) >= 11 is 0. The maximum atomic E-state index is 11.0. The topological polar surface area (TPSA) is 35.5 Å². The highest BCUT2D eigenvalue weighted by Crippen LogP contribution is 2.15. The van der Waals surface area contributed by atoms with Gasteiger partial charge >= 0.3 is 5.97 Å². The molecular weight excluding hydrogens is 240 g/mol. The fourth-order valence-electron chi connectivity index (χ4n) is 1.57. The van der Waals surface area contributed by atoms with Crippen molar-refractivity contribution in [2.45, 2.75) is 19.8 Å². The van der Waals surface area contributed by atoms with Gasteiger partial charge in [0, 0.05) is 0 Å². The van der Waals surface area contributed by atoms with E-state index in [-0.39, 0.29) is 5.97 Å². The number of carbonyl (C=O) groups is 1. The van der Waals surface area contributed by atoms with Crippen molar-refractivity contribution >= 4 is 12.0 Å². The van der Waals surface area contributed by atoms with E-state index in [0.717, 1.165) is 23.3 Å². The number of carbonyl (C=O) groups excluding carboxylic acids is 1. The molecule has 0 saturated heterocycles. The van der Waals surface area contributed by atoms with Crippen molar-refractivity contribution in [3.63, 3.8) is 0 Å². The van der Waals surface area contributed by atoms with Crippen molar-refractivity contribution in [3.8, 4) is 5.75 Å². The van der Waals surface area contributed by atoms with E-state index in [1.54, 1.807) is 7.11 Å². The van der Waals surface area contributed by atoms with Crippen molar-refractivity contribution < 1.29 is 14.3 Å². The van der Waals surface area contributed by atoms with Gasteiger partial charge < -0.3 is 9.47 Å². The fourth-order valence-corrected chi connectivity index (χ4v) is 1.57. The van der Waals surface area contributed by atoms with Gasteiger partial charge in [0.1, 0.15) is 5.75 Å². The molecular formula is C16H20O3. The van der Waals surface area contributed by atoms with Gasteiger partial charge in [0.15, 0.2) is 0 Å². The normalized spacial score (nSPS) is 11.6. The molecule has 3 nitrogen and oxygen atoms in total. The molecule has 19 heavy (non-hydrogen) atoms. The van der Waals surface area contributed by atoms with E-state index < -0.39 is 0 Å². The minimum Gasteiger partial charge on any atom is -0.497 e. The summed E-state index contributed by atoms with van der Waals surface area (Å²) in [6.07, 6.45) is 7.08. The van der Waals surface area contributed by atoms with Gasteiger partial charge in [0.05, 0.1) is 20.6 Å². The molecule has 0 fully saturated rings. The first kappa shape index (κ1) is 15.0. The number of methoxy groups -OCH3 is 2. The molecule has 0 bridgehead atoms. The van der Waals surface area contributed by atoms with Gasteiger partial charge in [-0.2, -0.15) is 0 Å². The summed E-state index contributed by atoms with van der Waals surface area (Å²) in [5, 5.41) is 0. The zero-order chi connectivity index (χ0) is 14.1. The number of ether oxygens (including phenoxy) is 2. The quantitative estimate of drug-likeness (QED) is 0.579. The maximum Gasteiger partial charge on any atom is 0.309 e. The Kier molecular flexibility index (Phi) is 6.44. The summed E-state index contributed by atoms with van der Waals surface area (Å²) in [6, 6.07) is 7.86. The van der Waals surface area contributed by atoms with Gasteiger partial charge in [-0.3, -0.25) is 4.79 Å². The molecule has 0 amide bonds. The highest BCUT2D eigenvalue weighted by atomic mass is 16.5. The van der Waals surface area contributed by atoms with Gasteiger partial charge in [0.2, 0.25) is 0 Å². The number of esters is 1. The molecule has 0 spiro atoms. The summed E-state index contributed by atoms with van der Waals surface area (Å²) in [7, 11) is 3.04. The predicted octanol–water partition coefficient (Wildman–Crippen LogP) is 3.61. The third-order valence-electron chi connectivity index (χ3n) is 2.72. The molecule has 0 radical (unpaired) electrons. The SMILES string of the molecule is CCC(/C=C/CC(=O)OC)=C\c1ccc(OC)cc1. The molecule has 0 unspecified atom stereocenters. The third kappa shape index (κ3) is 5.42. The Bertz CT molecular complexity index is 455. The summed E-state index contributed by atoms with van der Waals surface area (Å²) in [5.74, 6) is 0.618. The van der Waals surface area contributed by atoms with Crippen LogP contribution in [0.15, 0.2) is 42.0 Å². The van der Waals surface area contributed by atoms with Gasteiger partial charge in [-0.05, 0) is 29.7 Å². The van der Waals surface area contributed by atoms with E-state index in [1.807, 2.05) is 36.4 Å². The number of benzene rings is 1. The first-order chi connectivity index (χ1) is 9.19. The van der Waals surface area contributed by atoms with Crippen LogP contribution in [-0.2, 0) is 9.53 Å². The van der Waals surface area contributed by atoms with Crippen molar-refractivity contribution in [1.29, 1.82) is 0 Å². The highest BCUT2D eigenvalue weighted by Gasteiger charge is 1.96. The minimum atomic E-state index is -0.226. The second-order valence-corrected chi connectivity index (χ2v) is 4.03. The molecule has 102 valence electrons. The summed E-state index contributed by atoms with van der Waals surface area (Å²) in [6.45, 7) is 2.08. The Morgan fingerprint density at radius 3 is 2.42 bits per heavy atom. The van der Waals surface area contributed by atoms with Gasteiger partial charge in [-0.1, -0.05) is 37.3 Å². The molecule has 0 atom stereocenters. The second kappa shape index (κ2) is 8.14. The molecule has 1 rings (SSSR count). The second-order valence-electron chi connectivity index (χ2n) is 4.03. The van der Waals surface area contributed by atoms with E-state index in [4.69, 9.17) is 4.74 Å². The van der Waals surface area contributed by atoms with E-state index in [2.05, 4.69) is 17.7 Å². The monoisotopic (exact) mass is 260 g/mol. The largest absolute Gasteiger partial charge is 0.497 e. The van der Waals surface area contributed by atoms with Crippen molar-refractivity contribution in [2.24, 2.45) is 0 Å². The Labute approximate surface area is 114 Å². The lowest BCUT2D eigenvalue weighted by Crippen LogP contribution is -1.96. The van der Waals surface area contributed by atoms with Gasteiger partial charge in [-0.15, -0.1) is 0 Å². The van der Waals surface area contributed by atoms with Crippen LogP contribution in [0.5, 0.6) is 5.75 Å². The van der Waals surface area contributed by atoms with E-state index in [1.165, 1.54) is 7.11 Å². The average molecular weight is 260 g/mol. The molecule has 0 heterocycles. The maximum absolute atomic E-state index is 11.0. The fraction of sp³-hybridized carbons (Fsp3) is 0.312. The van der Waals surface area contributed by atoms with Gasteiger partial charge in [-0.25, -0.2) is 0 Å². The van der Waals surface area contributed by atoms with E-state index in [0.29, 0.717) is 6.42 Å². The summed E-state index contributed by atoms with van der Waals surface area (Å²) in [5.41, 5.74) is 2.27. The van der Waals surface area contributed by atoms with Crippen LogP contribution in [0.2, 0.25) is 0 Å². The van der Waals surface area contributed by atoms with Crippen molar-refractivity contribution in [2.75, 3.05) is 14.2 Å². The Morgan fingerprint density at radius 2 is 1.89 bits per heavy atom. The smallest absolute Gasteiger partial charge is 0.309 e. The molecule has 0 saturated carbocycles. The van der Waals surface area contributed by atoms with Crippen LogP contribution in [0.3, 0.4) is 0 Å². The molecule has 1 aromatic carbocycles. The molecule has 0 aromatic heterocycles. The van der Waals surface area contributed by atoms with Crippen LogP contribution < -0.4 is 4.74 Å². The minimum absolute atomic E-state index is 0.226. The lowest BCUT2D eigenvalue weighted by atomic mass is 10.1. The standard InChI is InChI=1S/C16H20O3/c1-4-13(6-5-7-16(17)19-3)12-14-8-10-15(18-2)11-9-14/h5-6,8-12H,4,7H2,1-3H3/b6-5+,13-12+. The van der Waals surface area contributed by atoms with Crippen LogP contribution in [0.1, 0.15) is 25.3 Å². The Hall–Kier alpha value is -2.03. The highest BCUT2D eigenvalue weighted by molar-refractivity contribution is 5.71. The number of hydrogen-bond acceptors (Lipinski definition) is 3. The molecule has 0 aliphatic rings. The van der Waals surface area contributed by atoms with E-state index in [9.17, 15) is 4.79 Å². The summed E-state index contributed by atoms with van der Waals surface area (Å²) in [4.78, 5) is 11.0. The number of allylic oxidation sites excluding steroid dienone is 2. The first-order valence-electron chi connectivity index (χ1n) is 6.27. The third-order valence-corrected chi connectivity index (χ3v) is 2.72. The van der Waals surface area contributed by atoms with Crippen LogP contribution in [0, 0.1) is 0 Å². The van der Waals surface area contributed by atoms with Crippen molar-refractivity contribution in [3.05, 3.63) is 47.6 Å². The molecule has 1 aromatic rings. The zero-order valence-electron chi connectivity index (χ0n) is 11.7. The van der Waals surface area contributed by atoms with E-state index >= 15 is 0 Å². The van der Waals surface area contributed by atoms with Crippen LogP contribution in [-0.4, -0.2) is 20.2 Å². The predicted molar refractivity (Wildman–Crippen MR) is 77.0 cm³/mol. The number of hydrogen-bond donors (Lipinski definition) is 0. The Morgan fingerprint density at radius 1 is 1.21 bits per heavy atom. The zero-order valence-corrected chi connectivity index (χ0v) is 11.7. The number of rotatable bonds is 6. The van der Waals surface area contributed by atoms with Crippen LogP contribution >= 0.6 is 0 Å². The lowest BCUT2D eigenvalue weighted by molar-refractivity contribution is -0.139. The Balaban J connectivity index is 2.72. The molecule has 0 N–H and O–H groups in total. The molecule has 0 aliphatic heterocycles. The first-order valence-corrected chi connectivity index (χ1v) is 6.27. The molecule has 3 heteroatoms. The average Bonchev–Trinajstić information content (AvgIpc) is 2.46.